The number of nitrogens with zero attached hydrogens (tertiary/aromatic N) is 3. The lowest BCUT2D eigenvalue weighted by atomic mass is 9.84. The van der Waals surface area contributed by atoms with E-state index in [0.29, 0.717) is 12.4 Å². The number of amides is 1. The quantitative estimate of drug-likeness (QED) is 0.429. The van der Waals surface area contributed by atoms with Crippen LogP contribution in [0.15, 0.2) is 54.7 Å². The van der Waals surface area contributed by atoms with Crippen molar-refractivity contribution in [1.29, 1.82) is 0 Å². The zero-order chi connectivity index (χ0) is 26.5. The van der Waals surface area contributed by atoms with Gasteiger partial charge in [-0.15, -0.1) is 0 Å². The van der Waals surface area contributed by atoms with Crippen molar-refractivity contribution in [2.24, 2.45) is 11.1 Å². The summed E-state index contributed by atoms with van der Waals surface area (Å²) in [6, 6.07) is 11.2. The fourth-order valence-electron chi connectivity index (χ4n) is 4.24. The highest BCUT2D eigenvalue weighted by atomic mass is 19.1. The smallest absolute Gasteiger partial charge is 0.248 e. The van der Waals surface area contributed by atoms with Gasteiger partial charge in [-0.2, -0.15) is 0 Å². The third kappa shape index (κ3) is 6.53. The predicted molar refractivity (Wildman–Crippen MR) is 133 cm³/mol. The zero-order valence-electron chi connectivity index (χ0n) is 20.8. The molecule has 2 atom stereocenters. The topological polar surface area (TPSA) is 84.4 Å². The lowest BCUT2D eigenvalue weighted by Gasteiger charge is -2.40. The molecule has 0 bridgehead atoms. The fourth-order valence-corrected chi connectivity index (χ4v) is 4.24. The molecule has 0 saturated carbocycles. The van der Waals surface area contributed by atoms with Crippen LogP contribution >= 0.6 is 0 Å². The Kier molecular flexibility index (Phi) is 8.92. The lowest BCUT2D eigenvalue weighted by molar-refractivity contribution is -0.139. The van der Waals surface area contributed by atoms with Crippen LogP contribution < -0.4 is 5.73 Å². The van der Waals surface area contributed by atoms with Crippen molar-refractivity contribution in [2.45, 2.75) is 45.8 Å². The maximum atomic E-state index is 14.7. The molecule has 2 aromatic carbocycles. The minimum Gasteiger partial charge on any atom is -0.387 e. The molecule has 3 N–H and O–H groups in total. The summed E-state index contributed by atoms with van der Waals surface area (Å²) in [7, 11) is 0. The molecule has 0 aliphatic heterocycles. The first-order valence-electron chi connectivity index (χ1n) is 11.8. The number of benzene rings is 2. The zero-order valence-corrected chi connectivity index (χ0v) is 20.8. The summed E-state index contributed by atoms with van der Waals surface area (Å²) < 4.78 is 43.6. The normalized spacial score (nSPS) is 13.4. The molecule has 0 saturated heterocycles. The number of carbonyl (C=O) groups excluding carboxylic acids is 1. The number of halogens is 3. The molecule has 36 heavy (non-hydrogen) atoms. The lowest BCUT2D eigenvalue weighted by Crippen LogP contribution is -2.45. The minimum atomic E-state index is -0.763. The number of hydrogen-bond acceptors (Lipinski definition) is 4. The van der Waals surface area contributed by atoms with Crippen LogP contribution in [-0.4, -0.2) is 51.3 Å². The van der Waals surface area contributed by atoms with Gasteiger partial charge < -0.3 is 20.3 Å². The second-order valence-electron chi connectivity index (χ2n) is 9.94. The molecule has 0 spiro atoms. The maximum Gasteiger partial charge on any atom is 0.248 e. The second-order valence-corrected chi connectivity index (χ2v) is 9.94. The van der Waals surface area contributed by atoms with E-state index in [-0.39, 0.29) is 24.2 Å². The Hall–Kier alpha value is -3.17. The molecule has 0 aliphatic carbocycles. The third-order valence-electron chi connectivity index (χ3n) is 5.98. The molecule has 1 unspecified atom stereocenters. The summed E-state index contributed by atoms with van der Waals surface area (Å²) in [6.07, 6.45) is 1.81. The van der Waals surface area contributed by atoms with Crippen molar-refractivity contribution in [1.82, 2.24) is 14.5 Å². The number of carbonyl (C=O) groups is 1. The molecule has 3 rings (SSSR count). The van der Waals surface area contributed by atoms with Gasteiger partial charge in [-0.25, -0.2) is 18.2 Å². The van der Waals surface area contributed by atoms with Gasteiger partial charge in [-0.1, -0.05) is 51.1 Å². The highest BCUT2D eigenvalue weighted by molar-refractivity contribution is 5.77. The Morgan fingerprint density at radius 3 is 2.47 bits per heavy atom. The Labute approximate surface area is 209 Å². The van der Waals surface area contributed by atoms with Crippen molar-refractivity contribution in [3.63, 3.8) is 0 Å². The van der Waals surface area contributed by atoms with Crippen LogP contribution in [0.25, 0.3) is 11.3 Å². The first kappa shape index (κ1) is 27.4. The van der Waals surface area contributed by atoms with Gasteiger partial charge in [0.05, 0.1) is 11.7 Å². The standard InChI is InChI=1S/C27H33F3N4O2/c1-27(2,3)25(34(24(36)17-35)12-11-20(31)14-28)26-32-23(21-13-19(29)9-10-22(21)30)16-33(26)15-18-7-5-4-6-8-18/h4-10,13,16,20,25,35H,11-12,14-15,17,31H2,1-3H3/t20?,25-/m0/s1. The van der Waals surface area contributed by atoms with Crippen LogP contribution in [0.1, 0.15) is 44.6 Å². The first-order valence-corrected chi connectivity index (χ1v) is 11.8. The number of aliphatic hydroxyl groups is 1. The number of nitrogens with two attached hydrogens (primary N) is 1. The van der Waals surface area contributed by atoms with E-state index in [1.807, 2.05) is 51.1 Å². The van der Waals surface area contributed by atoms with Crippen molar-refractivity contribution in [3.8, 4) is 11.3 Å². The SMILES string of the molecule is CC(C)(C)[C@H](c1nc(-c2cc(F)ccc2F)cn1Cc1ccccc1)N(CCC(N)CF)C(=O)CO. The Balaban J connectivity index is 2.18. The number of alkyl halides is 1. The number of aliphatic hydroxyl groups excluding tert-OH is 1. The van der Waals surface area contributed by atoms with E-state index < -0.39 is 48.3 Å². The average Bonchev–Trinajstić information content (AvgIpc) is 3.24. The van der Waals surface area contributed by atoms with Crippen molar-refractivity contribution < 1.29 is 23.1 Å². The van der Waals surface area contributed by atoms with Crippen LogP contribution in [0.4, 0.5) is 13.2 Å². The van der Waals surface area contributed by atoms with Gasteiger partial charge in [0.1, 0.15) is 30.7 Å². The van der Waals surface area contributed by atoms with Crippen molar-refractivity contribution in [2.75, 3.05) is 19.8 Å². The molecule has 0 fully saturated rings. The van der Waals surface area contributed by atoms with E-state index in [0.717, 1.165) is 23.8 Å². The highest BCUT2D eigenvalue weighted by Crippen LogP contribution is 2.39. The molecule has 1 aromatic heterocycles. The number of hydrogen-bond donors (Lipinski definition) is 2. The van der Waals surface area contributed by atoms with Gasteiger partial charge in [0.25, 0.3) is 0 Å². The van der Waals surface area contributed by atoms with E-state index in [4.69, 9.17) is 10.7 Å². The molecule has 9 heteroatoms. The van der Waals surface area contributed by atoms with E-state index in [1.54, 1.807) is 10.8 Å². The molecule has 0 aliphatic rings. The summed E-state index contributed by atoms with van der Waals surface area (Å²) in [5.41, 5.74) is 6.33. The molecule has 0 radical (unpaired) electrons. The van der Waals surface area contributed by atoms with E-state index >= 15 is 0 Å². The third-order valence-corrected chi connectivity index (χ3v) is 5.98. The first-order chi connectivity index (χ1) is 17.0. The average molecular weight is 503 g/mol. The summed E-state index contributed by atoms with van der Waals surface area (Å²) in [5, 5.41) is 9.73. The van der Waals surface area contributed by atoms with E-state index in [2.05, 4.69) is 0 Å². The summed E-state index contributed by atoms with van der Waals surface area (Å²) >= 11 is 0. The predicted octanol–water partition coefficient (Wildman–Crippen LogP) is 4.47. The van der Waals surface area contributed by atoms with Gasteiger partial charge in [-0.05, 0) is 35.6 Å². The van der Waals surface area contributed by atoms with Gasteiger partial charge in [-0.3, -0.25) is 4.79 Å². The van der Waals surface area contributed by atoms with Gasteiger partial charge in [0.15, 0.2) is 0 Å². The minimum absolute atomic E-state index is 0.00444. The largest absolute Gasteiger partial charge is 0.387 e. The van der Waals surface area contributed by atoms with Crippen LogP contribution in [0.3, 0.4) is 0 Å². The van der Waals surface area contributed by atoms with Gasteiger partial charge in [0, 0.05) is 30.9 Å². The Morgan fingerprint density at radius 1 is 1.17 bits per heavy atom. The molecule has 3 aromatic rings. The van der Waals surface area contributed by atoms with Crippen LogP contribution in [0.2, 0.25) is 0 Å². The van der Waals surface area contributed by atoms with Crippen LogP contribution in [-0.2, 0) is 11.3 Å². The molecule has 6 nitrogen and oxygen atoms in total. The monoisotopic (exact) mass is 502 g/mol. The molecular formula is C27H33F3N4O2. The van der Waals surface area contributed by atoms with Gasteiger partial charge in [0.2, 0.25) is 5.91 Å². The summed E-state index contributed by atoms with van der Waals surface area (Å²) in [6.45, 7) is 4.69. The Bertz CT molecular complexity index is 1160. The number of rotatable bonds is 10. The summed E-state index contributed by atoms with van der Waals surface area (Å²) in [5.74, 6) is -1.36. The highest BCUT2D eigenvalue weighted by Gasteiger charge is 2.38. The number of imidazole rings is 1. The number of aromatic nitrogens is 2. The molecular weight excluding hydrogens is 469 g/mol. The van der Waals surface area contributed by atoms with E-state index in [9.17, 15) is 23.1 Å². The molecule has 1 amide bonds. The fraction of sp³-hybridized carbons (Fsp3) is 0.407. The van der Waals surface area contributed by atoms with E-state index in [1.165, 1.54) is 4.90 Å². The van der Waals surface area contributed by atoms with Crippen LogP contribution in [0, 0.1) is 17.0 Å². The van der Waals surface area contributed by atoms with Crippen molar-refractivity contribution >= 4 is 5.91 Å². The molecule has 1 heterocycles. The molecule has 194 valence electrons. The second kappa shape index (κ2) is 11.7. The maximum absolute atomic E-state index is 14.7. The van der Waals surface area contributed by atoms with Crippen molar-refractivity contribution in [3.05, 3.63) is 77.8 Å². The summed E-state index contributed by atoms with van der Waals surface area (Å²) in [4.78, 5) is 19.1. The van der Waals surface area contributed by atoms with Crippen LogP contribution in [0.5, 0.6) is 0 Å². The Morgan fingerprint density at radius 2 is 1.86 bits per heavy atom. The van der Waals surface area contributed by atoms with Gasteiger partial charge >= 0.3 is 0 Å².